The van der Waals surface area contributed by atoms with Gasteiger partial charge < -0.3 is 24.8 Å². The van der Waals surface area contributed by atoms with E-state index in [1.54, 1.807) is 27.4 Å². The predicted molar refractivity (Wildman–Crippen MR) is 238 cm³/mol. The molecule has 0 nitrogen and oxygen atoms in total. The first kappa shape index (κ1) is 46.7. The van der Waals surface area contributed by atoms with Gasteiger partial charge in [0.2, 0.25) is 0 Å². The monoisotopic (exact) mass is 876 g/mol. The molecule has 8 rings (SSSR count). The van der Waals surface area contributed by atoms with E-state index in [2.05, 4.69) is 187 Å². The topological polar surface area (TPSA) is 0 Å². The fourth-order valence-electron chi connectivity index (χ4n) is 7.43. The molecule has 3 heteroatoms. The Bertz CT molecular complexity index is 2110. The van der Waals surface area contributed by atoms with E-state index in [4.69, 9.17) is 0 Å². The number of benzene rings is 6. The molecule has 0 spiro atoms. The van der Waals surface area contributed by atoms with Gasteiger partial charge in [0.25, 0.3) is 0 Å². The Morgan fingerprint density at radius 2 is 0.983 bits per heavy atom. The molecule has 0 fully saturated rings. The Labute approximate surface area is 376 Å². The van der Waals surface area contributed by atoms with Gasteiger partial charge in [-0.2, -0.15) is 18.2 Å². The minimum atomic E-state index is 0. The molecule has 0 aromatic heterocycles. The number of halogens is 2. The smallest absolute Gasteiger partial charge is 0.172 e. The predicted octanol–water partition coefficient (Wildman–Crippen LogP) is 8.37. The summed E-state index contributed by atoms with van der Waals surface area (Å²) in [4.78, 5) is 0. The van der Waals surface area contributed by atoms with Crippen LogP contribution in [-0.4, -0.2) is 3.21 Å². The Hall–Kier alpha value is -4.00. The summed E-state index contributed by atoms with van der Waals surface area (Å²) in [5, 5.41) is 0. The fourth-order valence-corrected chi connectivity index (χ4v) is 8.04. The Balaban J connectivity index is 0.000000250. The summed E-state index contributed by atoms with van der Waals surface area (Å²) in [6.07, 6.45) is 5.82. The SMILES string of the molecule is CC(C)(C)c1cc2c([c-]c1-c1ccccc1)Cc1cc(-c3ccccc3)c(C(C)(C)C)cc1-2.[Cl-].[Cl-].[Zr+2]=[C](CCc1ccccc1)CCc1ccccc1.c1cc[cH-]c1. The van der Waals surface area contributed by atoms with Gasteiger partial charge >= 0.3 is 125 Å². The van der Waals surface area contributed by atoms with E-state index < -0.39 is 0 Å². The first-order chi connectivity index (χ1) is 27.0. The van der Waals surface area contributed by atoms with Crippen molar-refractivity contribution < 1.29 is 49.0 Å². The molecule has 0 aliphatic heterocycles. The van der Waals surface area contributed by atoms with Crippen molar-refractivity contribution in [3.05, 3.63) is 209 Å². The second-order valence-electron chi connectivity index (χ2n) is 17.0. The standard InChI is InChI=1S/C33H33.C17H18.C5H5.2ClH.Zr/c1-32(2,3)30-20-26-24(18-28(30)22-13-9-7-10-14-22)17-25-19-29(23-15-11-8-12-16-23)31(21-27(25)26)33(4,5)6;1-4-10-16(11-5-1)14-8-3-9-15-17-12-6-2-7-13-17;1-2-4-5-3-1;;;/h7-16,18,20-21H,17H2,1-6H3;1-2,4-7,10-13H,8-9,14-15H2;1-5H;2*1H;/q-1;;-1;;;+2/p-2. The van der Waals surface area contributed by atoms with Crippen LogP contribution in [0.15, 0.2) is 170 Å². The first-order valence-electron chi connectivity index (χ1n) is 20.2. The molecule has 0 N–H and O–H groups in total. The number of hydrogen-bond donors (Lipinski definition) is 0. The molecule has 0 atom stereocenters. The van der Waals surface area contributed by atoms with E-state index in [9.17, 15) is 0 Å². The average molecular weight is 879 g/mol. The van der Waals surface area contributed by atoms with E-state index in [1.165, 1.54) is 92.4 Å². The van der Waals surface area contributed by atoms with Crippen molar-refractivity contribution in [3.63, 3.8) is 0 Å². The zero-order valence-electron chi connectivity index (χ0n) is 35.0. The number of aryl methyl sites for hydroxylation is 2. The van der Waals surface area contributed by atoms with Gasteiger partial charge in [0.1, 0.15) is 0 Å². The maximum atomic E-state index is 3.88. The van der Waals surface area contributed by atoms with E-state index in [-0.39, 0.29) is 35.6 Å². The maximum absolute atomic E-state index is 3.88. The van der Waals surface area contributed by atoms with Gasteiger partial charge in [-0.3, -0.25) is 0 Å². The third kappa shape index (κ3) is 12.8. The van der Waals surface area contributed by atoms with Crippen LogP contribution in [0.4, 0.5) is 0 Å². The van der Waals surface area contributed by atoms with Crippen LogP contribution in [0.25, 0.3) is 33.4 Å². The minimum absolute atomic E-state index is 0. The molecule has 0 amide bonds. The van der Waals surface area contributed by atoms with Crippen LogP contribution in [0, 0.1) is 6.07 Å². The van der Waals surface area contributed by atoms with Crippen molar-refractivity contribution in [2.45, 2.75) is 84.5 Å². The fraction of sp³-hybridized carbons (Fsp3) is 0.236. The van der Waals surface area contributed by atoms with Gasteiger partial charge in [-0.15, -0.1) is 28.8 Å². The summed E-state index contributed by atoms with van der Waals surface area (Å²) < 4.78 is 1.69. The molecule has 1 aliphatic carbocycles. The maximum Gasteiger partial charge on any atom is -0.172 e. The zero-order valence-corrected chi connectivity index (χ0v) is 38.9. The quantitative estimate of drug-likeness (QED) is 0.135. The number of rotatable bonds is 8. The third-order valence-electron chi connectivity index (χ3n) is 10.5. The normalized spacial score (nSPS) is 11.3. The van der Waals surface area contributed by atoms with Crippen molar-refractivity contribution in [2.75, 3.05) is 0 Å². The van der Waals surface area contributed by atoms with Gasteiger partial charge in [-0.1, -0.05) is 131 Å². The zero-order chi connectivity index (χ0) is 39.5. The number of fused-ring (bicyclic) bond motifs is 3. The molecule has 1 aliphatic rings. The molecular formula is C55H56Cl2Zr-2. The summed E-state index contributed by atoms with van der Waals surface area (Å²) >= 11 is 1.60. The summed E-state index contributed by atoms with van der Waals surface area (Å²) in [7, 11) is 0. The van der Waals surface area contributed by atoms with Crippen LogP contribution < -0.4 is 24.8 Å². The molecule has 7 aromatic rings. The van der Waals surface area contributed by atoms with Gasteiger partial charge in [-0.25, -0.2) is 12.1 Å². The summed E-state index contributed by atoms with van der Waals surface area (Å²) in [6, 6.07) is 64.4. The van der Waals surface area contributed by atoms with Crippen molar-refractivity contribution in [3.8, 4) is 33.4 Å². The Morgan fingerprint density at radius 3 is 1.43 bits per heavy atom. The van der Waals surface area contributed by atoms with Crippen molar-refractivity contribution >= 4 is 3.21 Å². The van der Waals surface area contributed by atoms with Crippen LogP contribution in [0.1, 0.15) is 87.8 Å². The van der Waals surface area contributed by atoms with Crippen LogP contribution in [0.2, 0.25) is 0 Å². The molecule has 0 heterocycles. The van der Waals surface area contributed by atoms with Gasteiger partial charge in [0.05, 0.1) is 0 Å². The van der Waals surface area contributed by atoms with Gasteiger partial charge in [0, 0.05) is 0 Å². The molecule has 296 valence electrons. The van der Waals surface area contributed by atoms with E-state index >= 15 is 0 Å². The Kier molecular flexibility index (Phi) is 17.6. The number of hydrogen-bond acceptors (Lipinski definition) is 0. The molecule has 0 bridgehead atoms. The summed E-state index contributed by atoms with van der Waals surface area (Å²) in [5.74, 6) is 0. The van der Waals surface area contributed by atoms with Crippen molar-refractivity contribution in [2.24, 2.45) is 0 Å². The van der Waals surface area contributed by atoms with E-state index in [0.717, 1.165) is 6.42 Å². The van der Waals surface area contributed by atoms with Crippen LogP contribution in [-0.2, 0) is 54.3 Å². The third-order valence-corrected chi connectivity index (χ3v) is 11.7. The molecule has 0 saturated heterocycles. The average Bonchev–Trinajstić information content (AvgIpc) is 3.91. The van der Waals surface area contributed by atoms with Crippen LogP contribution in [0.3, 0.4) is 0 Å². The second-order valence-corrected chi connectivity index (χ2v) is 18.7. The van der Waals surface area contributed by atoms with Crippen LogP contribution in [0.5, 0.6) is 0 Å². The minimum Gasteiger partial charge on any atom is -0.214 e. The second kappa shape index (κ2) is 21.8. The van der Waals surface area contributed by atoms with E-state index in [0.29, 0.717) is 0 Å². The van der Waals surface area contributed by atoms with E-state index in [1.807, 2.05) is 30.3 Å². The van der Waals surface area contributed by atoms with Crippen molar-refractivity contribution in [1.29, 1.82) is 0 Å². The molecule has 58 heavy (non-hydrogen) atoms. The van der Waals surface area contributed by atoms with Crippen LogP contribution >= 0.6 is 0 Å². The van der Waals surface area contributed by atoms with Crippen molar-refractivity contribution in [1.82, 2.24) is 0 Å². The van der Waals surface area contributed by atoms with Gasteiger partial charge in [-0.05, 0) is 39.5 Å². The Morgan fingerprint density at radius 1 is 0.534 bits per heavy atom. The largest absolute Gasteiger partial charge is 0.214 e. The molecule has 0 saturated carbocycles. The molecular weight excluding hydrogens is 823 g/mol. The first-order valence-corrected chi connectivity index (χ1v) is 21.4. The molecule has 0 unspecified atom stereocenters. The van der Waals surface area contributed by atoms with Gasteiger partial charge in [0.15, 0.2) is 0 Å². The summed E-state index contributed by atoms with van der Waals surface area (Å²) in [5.41, 5.74) is 16.4. The molecule has 0 radical (unpaired) electrons. The molecule has 7 aromatic carbocycles. The summed E-state index contributed by atoms with van der Waals surface area (Å²) in [6.45, 7) is 13.9.